The molecule has 0 radical (unpaired) electrons. The molecule has 1 aromatic rings. The van der Waals surface area contributed by atoms with Crippen molar-refractivity contribution in [3.8, 4) is 0 Å². The summed E-state index contributed by atoms with van der Waals surface area (Å²) in [6.45, 7) is 0. The lowest BCUT2D eigenvalue weighted by Crippen LogP contribution is -2.31. The molecular formula is C9H12FN3O2S. The Hall–Kier alpha value is -1.08. The molecule has 1 aliphatic carbocycles. The zero-order valence-corrected chi connectivity index (χ0v) is 9.32. The lowest BCUT2D eigenvalue weighted by Gasteiger charge is -2.15. The molecule has 0 unspecified atom stereocenters. The predicted octanol–water partition coefficient (Wildman–Crippen LogP) is 0.540. The van der Waals surface area contributed by atoms with Crippen LogP contribution in [0.25, 0.3) is 0 Å². The minimum Gasteiger partial charge on any atom is -0.238 e. The lowest BCUT2D eigenvalue weighted by atomic mass is 10.1. The normalized spacial score (nSPS) is 25.9. The summed E-state index contributed by atoms with van der Waals surface area (Å²) in [6, 6.07) is 0. The fourth-order valence-electron chi connectivity index (χ4n) is 2.13. The van der Waals surface area contributed by atoms with Gasteiger partial charge >= 0.3 is 0 Å². The smallest absolute Gasteiger partial charge is 0.212 e. The summed E-state index contributed by atoms with van der Waals surface area (Å²) in [5, 5.41) is 4.50. The lowest BCUT2D eigenvalue weighted by molar-refractivity contribution is 0.559. The number of hydrogen-bond donors (Lipinski definition) is 1. The molecule has 7 heteroatoms. The molecule has 2 atom stereocenters. The number of nitrogens with two attached hydrogens (primary N) is 1. The molecule has 1 aliphatic rings. The molecule has 0 aromatic carbocycles. The fourth-order valence-corrected chi connectivity index (χ4v) is 3.34. The predicted molar refractivity (Wildman–Crippen MR) is 55.5 cm³/mol. The highest BCUT2D eigenvalue weighted by molar-refractivity contribution is 7.89. The molecular weight excluding hydrogens is 233 g/mol. The molecule has 2 N–H and O–H groups in total. The van der Waals surface area contributed by atoms with Gasteiger partial charge in [-0.05, 0) is 12.8 Å². The Morgan fingerprint density at radius 3 is 2.50 bits per heavy atom. The summed E-state index contributed by atoms with van der Waals surface area (Å²) in [5.74, 6) is -0.484. The highest BCUT2D eigenvalue weighted by atomic mass is 32.2. The van der Waals surface area contributed by atoms with Gasteiger partial charge in [-0.1, -0.05) is 6.42 Å². The highest BCUT2D eigenvalue weighted by Gasteiger charge is 2.37. The van der Waals surface area contributed by atoms with Crippen molar-refractivity contribution in [1.82, 2.24) is 9.97 Å². The Morgan fingerprint density at radius 1 is 1.31 bits per heavy atom. The van der Waals surface area contributed by atoms with Crippen LogP contribution in [0.1, 0.15) is 31.0 Å². The van der Waals surface area contributed by atoms with Crippen molar-refractivity contribution in [3.63, 3.8) is 0 Å². The molecule has 88 valence electrons. The van der Waals surface area contributed by atoms with Gasteiger partial charge in [0, 0.05) is 5.92 Å². The first kappa shape index (κ1) is 11.4. The van der Waals surface area contributed by atoms with E-state index in [0.717, 1.165) is 18.8 Å². The SMILES string of the molecule is NS(=O)(=O)[C@@H]1CCC[C@H]1c1ncc(F)cn1. The summed E-state index contributed by atoms with van der Waals surface area (Å²) in [5.41, 5.74) is 0. The Balaban J connectivity index is 2.30. The maximum atomic E-state index is 12.6. The van der Waals surface area contributed by atoms with Crippen molar-refractivity contribution in [3.05, 3.63) is 24.0 Å². The van der Waals surface area contributed by atoms with Gasteiger partial charge < -0.3 is 0 Å². The van der Waals surface area contributed by atoms with Crippen LogP contribution in [0.5, 0.6) is 0 Å². The van der Waals surface area contributed by atoms with E-state index in [0.29, 0.717) is 18.7 Å². The number of primary sulfonamides is 1. The maximum absolute atomic E-state index is 12.6. The second kappa shape index (κ2) is 4.06. The minimum atomic E-state index is -3.58. The standard InChI is InChI=1S/C9H12FN3O2S/c10-6-4-12-9(13-5-6)7-2-1-3-8(7)16(11,14)15/h4-5,7-8H,1-3H2,(H2,11,14,15)/t7-,8-/m1/s1. The van der Waals surface area contributed by atoms with Crippen LogP contribution in [-0.4, -0.2) is 23.6 Å². The molecule has 1 saturated carbocycles. The van der Waals surface area contributed by atoms with Gasteiger partial charge in [0.15, 0.2) is 5.82 Å². The number of sulfonamides is 1. The largest absolute Gasteiger partial charge is 0.238 e. The third-order valence-corrected chi connectivity index (χ3v) is 4.25. The highest BCUT2D eigenvalue weighted by Crippen LogP contribution is 2.36. The van der Waals surface area contributed by atoms with Crippen molar-refractivity contribution in [2.75, 3.05) is 0 Å². The number of halogens is 1. The van der Waals surface area contributed by atoms with Crippen molar-refractivity contribution in [2.24, 2.45) is 5.14 Å². The van der Waals surface area contributed by atoms with E-state index in [9.17, 15) is 12.8 Å². The van der Waals surface area contributed by atoms with Crippen LogP contribution in [0.4, 0.5) is 4.39 Å². The average Bonchev–Trinajstić information content (AvgIpc) is 2.66. The summed E-state index contributed by atoms with van der Waals surface area (Å²) < 4.78 is 35.3. The van der Waals surface area contributed by atoms with Crippen molar-refractivity contribution < 1.29 is 12.8 Å². The molecule has 0 spiro atoms. The van der Waals surface area contributed by atoms with E-state index in [-0.39, 0.29) is 5.92 Å². The molecule has 5 nitrogen and oxygen atoms in total. The number of hydrogen-bond acceptors (Lipinski definition) is 4. The number of rotatable bonds is 2. The first-order chi connectivity index (χ1) is 7.48. The van der Waals surface area contributed by atoms with E-state index in [2.05, 4.69) is 9.97 Å². The summed E-state index contributed by atoms with van der Waals surface area (Å²) in [4.78, 5) is 7.64. The molecule has 0 aliphatic heterocycles. The van der Waals surface area contributed by atoms with Crippen molar-refractivity contribution in [1.29, 1.82) is 0 Å². The molecule has 1 heterocycles. The van der Waals surface area contributed by atoms with Crippen molar-refractivity contribution in [2.45, 2.75) is 30.4 Å². The second-order valence-corrected chi connectivity index (χ2v) is 5.71. The zero-order chi connectivity index (χ0) is 11.8. The van der Waals surface area contributed by atoms with Crippen LogP contribution in [0.15, 0.2) is 12.4 Å². The molecule has 1 aromatic heterocycles. The first-order valence-electron chi connectivity index (χ1n) is 4.97. The van der Waals surface area contributed by atoms with Gasteiger partial charge in [0.05, 0.1) is 17.6 Å². The topological polar surface area (TPSA) is 85.9 Å². The minimum absolute atomic E-state index is 0.310. The van der Waals surface area contributed by atoms with Gasteiger partial charge in [0.2, 0.25) is 10.0 Å². The van der Waals surface area contributed by atoms with Gasteiger partial charge in [0.25, 0.3) is 0 Å². The molecule has 0 saturated heterocycles. The van der Waals surface area contributed by atoms with Gasteiger partial charge in [-0.2, -0.15) is 0 Å². The van der Waals surface area contributed by atoms with E-state index in [1.165, 1.54) is 0 Å². The van der Waals surface area contributed by atoms with Crippen LogP contribution in [0.3, 0.4) is 0 Å². The molecule has 2 rings (SSSR count). The molecule has 0 bridgehead atoms. The third kappa shape index (κ3) is 2.19. The third-order valence-electron chi connectivity index (χ3n) is 2.85. The number of nitrogens with zero attached hydrogens (tertiary/aromatic N) is 2. The summed E-state index contributed by atoms with van der Waals surface area (Å²) >= 11 is 0. The quantitative estimate of drug-likeness (QED) is 0.824. The maximum Gasteiger partial charge on any atom is 0.212 e. The molecule has 1 fully saturated rings. The zero-order valence-electron chi connectivity index (χ0n) is 8.51. The molecule has 16 heavy (non-hydrogen) atoms. The average molecular weight is 245 g/mol. The fraction of sp³-hybridized carbons (Fsp3) is 0.556. The van der Waals surface area contributed by atoms with Crippen LogP contribution < -0.4 is 5.14 Å². The van der Waals surface area contributed by atoms with Gasteiger partial charge in [-0.15, -0.1) is 0 Å². The summed E-state index contributed by atoms with van der Waals surface area (Å²) in [7, 11) is -3.58. The van der Waals surface area contributed by atoms with Gasteiger partial charge in [-0.3, -0.25) is 0 Å². The first-order valence-corrected chi connectivity index (χ1v) is 6.58. The Labute approximate surface area is 93.0 Å². The van der Waals surface area contributed by atoms with E-state index < -0.39 is 21.1 Å². The van der Waals surface area contributed by atoms with Crippen LogP contribution in [0.2, 0.25) is 0 Å². The van der Waals surface area contributed by atoms with E-state index in [1.807, 2.05) is 0 Å². The van der Waals surface area contributed by atoms with E-state index in [4.69, 9.17) is 5.14 Å². The monoisotopic (exact) mass is 245 g/mol. The second-order valence-electron chi connectivity index (χ2n) is 3.92. The number of aromatic nitrogens is 2. The van der Waals surface area contributed by atoms with Crippen LogP contribution in [-0.2, 0) is 10.0 Å². The van der Waals surface area contributed by atoms with E-state index in [1.54, 1.807) is 0 Å². The van der Waals surface area contributed by atoms with Gasteiger partial charge in [0.1, 0.15) is 5.82 Å². The van der Waals surface area contributed by atoms with Crippen molar-refractivity contribution >= 4 is 10.0 Å². The van der Waals surface area contributed by atoms with Crippen LogP contribution in [0, 0.1) is 5.82 Å². The Morgan fingerprint density at radius 2 is 1.94 bits per heavy atom. The van der Waals surface area contributed by atoms with Gasteiger partial charge in [-0.25, -0.2) is 27.9 Å². The van der Waals surface area contributed by atoms with Crippen LogP contribution >= 0.6 is 0 Å². The summed E-state index contributed by atoms with van der Waals surface area (Å²) in [6.07, 6.45) is 4.05. The Kier molecular flexibility index (Phi) is 2.90. The Bertz CT molecular complexity index is 474. The van der Waals surface area contributed by atoms with E-state index >= 15 is 0 Å². The molecule has 0 amide bonds.